The monoisotopic (exact) mass is 251 g/mol. The lowest BCUT2D eigenvalue weighted by Gasteiger charge is -2.27. The first-order chi connectivity index (χ1) is 8.68. The molecule has 1 aromatic carbocycles. The molecular weight excluding hydrogens is 233 g/mol. The number of likely N-dealkylation sites (tertiary alicyclic amines) is 1. The second-order valence-electron chi connectivity index (χ2n) is 4.74. The summed E-state index contributed by atoms with van der Waals surface area (Å²) in [5, 5.41) is 9.40. The Morgan fingerprint density at radius 2 is 1.67 bits per heavy atom. The predicted molar refractivity (Wildman–Crippen MR) is 66.8 cm³/mol. The largest absolute Gasteiger partial charge is 0.480 e. The van der Waals surface area contributed by atoms with Gasteiger partial charge in [-0.25, -0.2) is 4.39 Å². The Bertz CT molecular complexity index is 397. The van der Waals surface area contributed by atoms with Crippen molar-refractivity contribution in [2.75, 3.05) is 13.1 Å². The zero-order valence-electron chi connectivity index (χ0n) is 10.3. The molecule has 1 unspecified atom stereocenters. The van der Waals surface area contributed by atoms with E-state index >= 15 is 0 Å². The summed E-state index contributed by atoms with van der Waals surface area (Å²) in [5.74, 6) is -1.19. The van der Waals surface area contributed by atoms with Gasteiger partial charge in [0.1, 0.15) is 11.9 Å². The number of hydrogen-bond acceptors (Lipinski definition) is 2. The maximum absolute atomic E-state index is 12.9. The first-order valence-corrected chi connectivity index (χ1v) is 6.41. The minimum atomic E-state index is -0.858. The predicted octanol–water partition coefficient (Wildman–Crippen LogP) is 2.83. The van der Waals surface area contributed by atoms with Crippen LogP contribution in [0.4, 0.5) is 4.39 Å². The SMILES string of the molecule is O=C(O)C(c1ccc(F)cc1)N1CCCCCC1. The normalized spacial score (nSPS) is 19.2. The molecule has 1 N–H and O–H groups in total. The minimum Gasteiger partial charge on any atom is -0.480 e. The van der Waals surface area contributed by atoms with Crippen molar-refractivity contribution in [3.63, 3.8) is 0 Å². The number of carbonyl (C=O) groups is 1. The molecule has 1 fully saturated rings. The summed E-state index contributed by atoms with van der Waals surface area (Å²) in [7, 11) is 0. The molecule has 2 rings (SSSR count). The second kappa shape index (κ2) is 5.96. The van der Waals surface area contributed by atoms with Crippen LogP contribution in [0.2, 0.25) is 0 Å². The minimum absolute atomic E-state index is 0.334. The first-order valence-electron chi connectivity index (χ1n) is 6.41. The summed E-state index contributed by atoms with van der Waals surface area (Å²) >= 11 is 0. The van der Waals surface area contributed by atoms with Crippen LogP contribution in [0, 0.1) is 5.82 Å². The van der Waals surface area contributed by atoms with Crippen LogP contribution in [-0.4, -0.2) is 29.1 Å². The van der Waals surface area contributed by atoms with E-state index in [1.54, 1.807) is 12.1 Å². The molecule has 0 bridgehead atoms. The van der Waals surface area contributed by atoms with Gasteiger partial charge in [-0.05, 0) is 43.6 Å². The molecule has 0 saturated carbocycles. The van der Waals surface area contributed by atoms with Crippen molar-refractivity contribution in [1.82, 2.24) is 4.90 Å². The van der Waals surface area contributed by atoms with Crippen LogP contribution in [-0.2, 0) is 4.79 Å². The van der Waals surface area contributed by atoms with E-state index in [-0.39, 0.29) is 5.82 Å². The van der Waals surface area contributed by atoms with Gasteiger partial charge in [0.15, 0.2) is 0 Å². The Balaban J connectivity index is 2.21. The van der Waals surface area contributed by atoms with Crippen molar-refractivity contribution in [1.29, 1.82) is 0 Å². The topological polar surface area (TPSA) is 40.5 Å². The zero-order chi connectivity index (χ0) is 13.0. The van der Waals surface area contributed by atoms with Crippen LogP contribution in [0.15, 0.2) is 24.3 Å². The van der Waals surface area contributed by atoms with Crippen LogP contribution in [0.25, 0.3) is 0 Å². The van der Waals surface area contributed by atoms with Gasteiger partial charge in [-0.3, -0.25) is 9.69 Å². The quantitative estimate of drug-likeness (QED) is 0.898. The second-order valence-corrected chi connectivity index (χ2v) is 4.74. The molecule has 0 aliphatic carbocycles. The lowest BCUT2D eigenvalue weighted by molar-refractivity contribution is -0.143. The number of benzene rings is 1. The molecule has 0 amide bonds. The standard InChI is InChI=1S/C14H18FNO2/c15-12-7-5-11(6-8-12)13(14(17)18)16-9-3-1-2-4-10-16/h5-8,13H,1-4,9-10H2,(H,17,18). The van der Waals surface area contributed by atoms with Gasteiger partial charge in [0.05, 0.1) is 0 Å². The number of carboxylic acids is 1. The Morgan fingerprint density at radius 1 is 1.11 bits per heavy atom. The highest BCUT2D eigenvalue weighted by molar-refractivity contribution is 5.75. The lowest BCUT2D eigenvalue weighted by Crippen LogP contribution is -2.34. The molecule has 0 aromatic heterocycles. The van der Waals surface area contributed by atoms with Gasteiger partial charge in [-0.1, -0.05) is 25.0 Å². The maximum Gasteiger partial charge on any atom is 0.325 e. The lowest BCUT2D eigenvalue weighted by atomic mass is 10.0. The van der Waals surface area contributed by atoms with E-state index < -0.39 is 12.0 Å². The van der Waals surface area contributed by atoms with Crippen LogP contribution in [0.5, 0.6) is 0 Å². The van der Waals surface area contributed by atoms with Gasteiger partial charge < -0.3 is 5.11 Å². The number of nitrogens with zero attached hydrogens (tertiary/aromatic N) is 1. The number of carboxylic acid groups (broad SMARTS) is 1. The third-order valence-corrected chi connectivity index (χ3v) is 3.43. The van der Waals surface area contributed by atoms with Crippen molar-refractivity contribution in [3.05, 3.63) is 35.6 Å². The molecule has 1 aliphatic heterocycles. The molecule has 18 heavy (non-hydrogen) atoms. The third-order valence-electron chi connectivity index (χ3n) is 3.43. The fourth-order valence-electron chi connectivity index (χ4n) is 2.51. The van der Waals surface area contributed by atoms with Crippen LogP contribution >= 0.6 is 0 Å². The molecule has 1 heterocycles. The molecule has 0 spiro atoms. The van der Waals surface area contributed by atoms with E-state index in [1.807, 2.05) is 4.90 Å². The Labute approximate surface area is 106 Å². The highest BCUT2D eigenvalue weighted by Gasteiger charge is 2.27. The number of hydrogen-bond donors (Lipinski definition) is 1. The van der Waals surface area contributed by atoms with Crippen LogP contribution < -0.4 is 0 Å². The van der Waals surface area contributed by atoms with Crippen molar-refractivity contribution in [3.8, 4) is 0 Å². The van der Waals surface area contributed by atoms with E-state index in [9.17, 15) is 14.3 Å². The van der Waals surface area contributed by atoms with Gasteiger partial charge >= 0.3 is 5.97 Å². The fraction of sp³-hybridized carbons (Fsp3) is 0.500. The first kappa shape index (κ1) is 13.0. The van der Waals surface area contributed by atoms with E-state index in [1.165, 1.54) is 12.1 Å². The van der Waals surface area contributed by atoms with Gasteiger partial charge in [-0.2, -0.15) is 0 Å². The van der Waals surface area contributed by atoms with Gasteiger partial charge in [-0.15, -0.1) is 0 Å². The van der Waals surface area contributed by atoms with Crippen LogP contribution in [0.1, 0.15) is 37.3 Å². The fourth-order valence-corrected chi connectivity index (χ4v) is 2.51. The average Bonchev–Trinajstić information content (AvgIpc) is 2.60. The van der Waals surface area contributed by atoms with Crippen molar-refractivity contribution in [2.24, 2.45) is 0 Å². The Hall–Kier alpha value is -1.42. The molecule has 1 aliphatic rings. The van der Waals surface area contributed by atoms with Crippen molar-refractivity contribution >= 4 is 5.97 Å². The number of rotatable bonds is 3. The molecular formula is C14H18FNO2. The van der Waals surface area contributed by atoms with Gasteiger partial charge in [0.25, 0.3) is 0 Å². The Kier molecular flexibility index (Phi) is 4.31. The van der Waals surface area contributed by atoms with E-state index in [0.717, 1.165) is 38.8 Å². The molecule has 0 radical (unpaired) electrons. The van der Waals surface area contributed by atoms with E-state index in [0.29, 0.717) is 5.56 Å². The molecule has 1 saturated heterocycles. The summed E-state index contributed by atoms with van der Waals surface area (Å²) in [5.41, 5.74) is 0.658. The maximum atomic E-state index is 12.9. The highest BCUT2D eigenvalue weighted by atomic mass is 19.1. The van der Waals surface area contributed by atoms with Crippen LogP contribution in [0.3, 0.4) is 0 Å². The zero-order valence-corrected chi connectivity index (χ0v) is 10.3. The summed E-state index contributed by atoms with van der Waals surface area (Å²) in [6.07, 6.45) is 4.38. The third kappa shape index (κ3) is 3.07. The highest BCUT2D eigenvalue weighted by Crippen LogP contribution is 2.24. The van der Waals surface area contributed by atoms with E-state index in [4.69, 9.17) is 0 Å². The molecule has 1 atom stereocenters. The Morgan fingerprint density at radius 3 is 2.17 bits per heavy atom. The summed E-state index contributed by atoms with van der Waals surface area (Å²) in [6.45, 7) is 1.60. The molecule has 98 valence electrons. The number of aliphatic carboxylic acids is 1. The smallest absolute Gasteiger partial charge is 0.325 e. The summed E-state index contributed by atoms with van der Waals surface area (Å²) < 4.78 is 12.9. The average molecular weight is 251 g/mol. The molecule has 3 nitrogen and oxygen atoms in total. The van der Waals surface area contributed by atoms with Gasteiger partial charge in [0, 0.05) is 0 Å². The molecule has 4 heteroatoms. The van der Waals surface area contributed by atoms with Crippen molar-refractivity contribution < 1.29 is 14.3 Å². The van der Waals surface area contributed by atoms with Gasteiger partial charge in [0.2, 0.25) is 0 Å². The summed E-state index contributed by atoms with van der Waals surface area (Å²) in [6, 6.07) is 5.13. The van der Waals surface area contributed by atoms with Crippen molar-refractivity contribution in [2.45, 2.75) is 31.7 Å². The number of halogens is 1. The van der Waals surface area contributed by atoms with E-state index in [2.05, 4.69) is 0 Å². The molecule has 1 aromatic rings. The summed E-state index contributed by atoms with van der Waals surface area (Å²) in [4.78, 5) is 13.4.